The summed E-state index contributed by atoms with van der Waals surface area (Å²) in [5.74, 6) is -1.37. The Bertz CT molecular complexity index is 1110. The van der Waals surface area contributed by atoms with E-state index < -0.39 is 33.9 Å². The third-order valence-electron chi connectivity index (χ3n) is 5.34. The molecule has 1 fully saturated rings. The van der Waals surface area contributed by atoms with Crippen molar-refractivity contribution in [2.45, 2.75) is 32.4 Å². The minimum Gasteiger partial charge on any atom is -0.463 e. The molecule has 0 bridgehead atoms. The van der Waals surface area contributed by atoms with Gasteiger partial charge in [-0.3, -0.25) is 29.8 Å². The molecule has 1 amide bonds. The number of esters is 1. The van der Waals surface area contributed by atoms with Crippen molar-refractivity contribution in [3.05, 3.63) is 73.8 Å². The Morgan fingerprint density at radius 1 is 1.09 bits per heavy atom. The SMILES string of the molecule is CC(C)OC(=O)CC(NC(=O)c1cc([N+](=O)[O-])ccc1N1CCOCC1)c1ccccc1[N+](=O)[O-]. The largest absolute Gasteiger partial charge is 0.463 e. The maximum atomic E-state index is 13.4. The van der Waals surface area contributed by atoms with Gasteiger partial charge in [0.15, 0.2) is 0 Å². The van der Waals surface area contributed by atoms with Gasteiger partial charge < -0.3 is 19.7 Å². The van der Waals surface area contributed by atoms with Gasteiger partial charge >= 0.3 is 5.97 Å². The number of morpholine rings is 1. The third kappa shape index (κ3) is 6.51. The topological polar surface area (TPSA) is 154 Å². The molecule has 0 saturated carbocycles. The number of non-ortho nitro benzene ring substituents is 1. The monoisotopic (exact) mass is 486 g/mol. The maximum Gasteiger partial charge on any atom is 0.308 e. The number of hydrogen-bond donors (Lipinski definition) is 1. The summed E-state index contributed by atoms with van der Waals surface area (Å²) in [5.41, 5.74) is 0.0329. The number of benzene rings is 2. The fraction of sp³-hybridized carbons (Fsp3) is 0.391. The van der Waals surface area contributed by atoms with Crippen LogP contribution in [0, 0.1) is 20.2 Å². The van der Waals surface area contributed by atoms with E-state index in [4.69, 9.17) is 9.47 Å². The van der Waals surface area contributed by atoms with Gasteiger partial charge in [-0.05, 0) is 19.9 Å². The Morgan fingerprint density at radius 3 is 2.40 bits per heavy atom. The second-order valence-electron chi connectivity index (χ2n) is 8.14. The summed E-state index contributed by atoms with van der Waals surface area (Å²) in [6, 6.07) is 8.60. The molecule has 2 aromatic rings. The third-order valence-corrected chi connectivity index (χ3v) is 5.34. The second-order valence-corrected chi connectivity index (χ2v) is 8.14. The van der Waals surface area contributed by atoms with E-state index in [0.29, 0.717) is 32.0 Å². The van der Waals surface area contributed by atoms with Crippen molar-refractivity contribution in [2.24, 2.45) is 0 Å². The van der Waals surface area contributed by atoms with Crippen LogP contribution in [0.4, 0.5) is 17.1 Å². The van der Waals surface area contributed by atoms with Gasteiger partial charge in [-0.1, -0.05) is 18.2 Å². The molecule has 1 N–H and O–H groups in total. The van der Waals surface area contributed by atoms with Crippen LogP contribution in [0.15, 0.2) is 42.5 Å². The average Bonchev–Trinajstić information content (AvgIpc) is 2.83. The summed E-state index contributed by atoms with van der Waals surface area (Å²) < 4.78 is 10.5. The molecule has 0 aliphatic carbocycles. The van der Waals surface area contributed by atoms with Crippen molar-refractivity contribution in [1.82, 2.24) is 5.32 Å². The molecule has 1 aliphatic rings. The number of ether oxygens (including phenoxy) is 2. The number of carbonyl (C=O) groups is 2. The van der Waals surface area contributed by atoms with E-state index in [2.05, 4.69) is 5.32 Å². The number of nitrogens with zero attached hydrogens (tertiary/aromatic N) is 3. The Labute approximate surface area is 201 Å². The van der Waals surface area contributed by atoms with Crippen molar-refractivity contribution in [3.63, 3.8) is 0 Å². The highest BCUT2D eigenvalue weighted by molar-refractivity contribution is 6.01. The van der Waals surface area contributed by atoms with Gasteiger partial charge in [-0.15, -0.1) is 0 Å². The number of para-hydroxylation sites is 1. The van der Waals surface area contributed by atoms with Crippen molar-refractivity contribution in [3.8, 4) is 0 Å². The molecule has 1 atom stereocenters. The van der Waals surface area contributed by atoms with Gasteiger partial charge in [0.2, 0.25) is 0 Å². The number of carbonyl (C=O) groups excluding carboxylic acids is 2. The Morgan fingerprint density at radius 2 is 1.77 bits per heavy atom. The molecule has 0 aromatic heterocycles. The maximum absolute atomic E-state index is 13.4. The molecule has 1 heterocycles. The highest BCUT2D eigenvalue weighted by Crippen LogP contribution is 2.30. The lowest BCUT2D eigenvalue weighted by Crippen LogP contribution is -2.38. The van der Waals surface area contributed by atoms with Crippen LogP contribution in [-0.2, 0) is 14.3 Å². The number of rotatable bonds is 9. The van der Waals surface area contributed by atoms with Crippen LogP contribution in [-0.4, -0.2) is 54.1 Å². The first kappa shape index (κ1) is 25.6. The Kier molecular flexibility index (Phi) is 8.31. The van der Waals surface area contributed by atoms with E-state index in [1.165, 1.54) is 30.3 Å². The smallest absolute Gasteiger partial charge is 0.308 e. The zero-order chi connectivity index (χ0) is 25.5. The van der Waals surface area contributed by atoms with Crippen LogP contribution in [0.5, 0.6) is 0 Å². The van der Waals surface area contributed by atoms with E-state index >= 15 is 0 Å². The summed E-state index contributed by atoms with van der Waals surface area (Å²) in [7, 11) is 0. The predicted octanol–water partition coefficient (Wildman–Crippen LogP) is 3.15. The minimum atomic E-state index is -1.10. The lowest BCUT2D eigenvalue weighted by molar-refractivity contribution is -0.385. The molecule has 1 unspecified atom stereocenters. The van der Waals surface area contributed by atoms with Gasteiger partial charge in [-0.2, -0.15) is 0 Å². The summed E-state index contributed by atoms with van der Waals surface area (Å²) in [6.45, 7) is 5.14. The van der Waals surface area contributed by atoms with Crippen LogP contribution in [0.1, 0.15) is 42.2 Å². The standard InChI is InChI=1S/C23H26N4O8/c1-15(2)35-22(28)14-19(17-5-3-4-6-21(17)27(32)33)24-23(29)18-13-16(26(30)31)7-8-20(18)25-9-11-34-12-10-25/h3-8,13,15,19H,9-12,14H2,1-2H3,(H,24,29). The van der Waals surface area contributed by atoms with E-state index in [-0.39, 0.29) is 28.9 Å². The van der Waals surface area contributed by atoms with Crippen LogP contribution in [0.3, 0.4) is 0 Å². The highest BCUT2D eigenvalue weighted by Gasteiger charge is 2.29. The van der Waals surface area contributed by atoms with Crippen LogP contribution < -0.4 is 10.2 Å². The summed E-state index contributed by atoms with van der Waals surface area (Å²) >= 11 is 0. The first-order valence-corrected chi connectivity index (χ1v) is 11.0. The minimum absolute atomic E-state index is 0.0157. The lowest BCUT2D eigenvalue weighted by Gasteiger charge is -2.30. The van der Waals surface area contributed by atoms with Gasteiger partial charge in [0, 0.05) is 31.3 Å². The number of anilines is 1. The number of nitro benzene ring substituents is 2. The highest BCUT2D eigenvalue weighted by atomic mass is 16.6. The molecule has 3 rings (SSSR count). The number of hydrogen-bond acceptors (Lipinski definition) is 9. The Hall–Kier alpha value is -4.06. The molecule has 186 valence electrons. The van der Waals surface area contributed by atoms with Gasteiger partial charge in [0.05, 0.1) is 58.4 Å². The lowest BCUT2D eigenvalue weighted by atomic mass is 10.0. The quantitative estimate of drug-likeness (QED) is 0.320. The molecule has 12 heteroatoms. The molecular formula is C23H26N4O8. The molecule has 0 spiro atoms. The number of nitro groups is 2. The average molecular weight is 486 g/mol. The second kappa shape index (κ2) is 11.4. The number of amides is 1. The van der Waals surface area contributed by atoms with E-state index in [1.807, 2.05) is 4.90 Å². The first-order chi connectivity index (χ1) is 16.7. The van der Waals surface area contributed by atoms with Gasteiger partial charge in [0.25, 0.3) is 17.3 Å². The van der Waals surface area contributed by atoms with Crippen molar-refractivity contribution < 1.29 is 28.9 Å². The molecule has 2 aromatic carbocycles. The first-order valence-electron chi connectivity index (χ1n) is 11.0. The fourth-order valence-electron chi connectivity index (χ4n) is 3.80. The summed E-state index contributed by atoms with van der Waals surface area (Å²) in [4.78, 5) is 49.5. The van der Waals surface area contributed by atoms with Gasteiger partial charge in [-0.25, -0.2) is 0 Å². The molecule has 12 nitrogen and oxygen atoms in total. The van der Waals surface area contributed by atoms with E-state index in [1.54, 1.807) is 19.9 Å². The van der Waals surface area contributed by atoms with Crippen LogP contribution in [0.25, 0.3) is 0 Å². The molecule has 0 radical (unpaired) electrons. The predicted molar refractivity (Wildman–Crippen MR) is 125 cm³/mol. The fourth-order valence-corrected chi connectivity index (χ4v) is 3.80. The molecule has 1 aliphatic heterocycles. The zero-order valence-electron chi connectivity index (χ0n) is 19.3. The molecule has 1 saturated heterocycles. The molecule has 35 heavy (non-hydrogen) atoms. The van der Waals surface area contributed by atoms with Crippen LogP contribution >= 0.6 is 0 Å². The molecular weight excluding hydrogens is 460 g/mol. The summed E-state index contributed by atoms with van der Waals surface area (Å²) in [5, 5.41) is 25.7. The van der Waals surface area contributed by atoms with E-state index in [9.17, 15) is 29.8 Å². The zero-order valence-corrected chi connectivity index (χ0v) is 19.3. The van der Waals surface area contributed by atoms with Crippen LogP contribution in [0.2, 0.25) is 0 Å². The summed E-state index contributed by atoms with van der Waals surface area (Å²) in [6.07, 6.45) is -0.786. The Balaban J connectivity index is 2.00. The normalized spacial score (nSPS) is 14.3. The number of nitrogens with one attached hydrogen (secondary N) is 1. The van der Waals surface area contributed by atoms with Gasteiger partial charge in [0.1, 0.15) is 0 Å². The van der Waals surface area contributed by atoms with Crippen molar-refractivity contribution in [2.75, 3.05) is 31.2 Å². The van der Waals surface area contributed by atoms with Crippen molar-refractivity contribution >= 4 is 28.9 Å². The van der Waals surface area contributed by atoms with E-state index in [0.717, 1.165) is 6.07 Å². The van der Waals surface area contributed by atoms with Crippen molar-refractivity contribution in [1.29, 1.82) is 0 Å².